The van der Waals surface area contributed by atoms with E-state index < -0.39 is 10.0 Å². The predicted octanol–water partition coefficient (Wildman–Crippen LogP) is 3.53. The summed E-state index contributed by atoms with van der Waals surface area (Å²) in [5.74, 6) is 0. The summed E-state index contributed by atoms with van der Waals surface area (Å²) in [6, 6.07) is 1.39. The van der Waals surface area contributed by atoms with Gasteiger partial charge in [-0.15, -0.1) is 0 Å². The van der Waals surface area contributed by atoms with Gasteiger partial charge >= 0.3 is 0 Å². The van der Waals surface area contributed by atoms with E-state index in [0.717, 1.165) is 54.3 Å². The second-order valence-electron chi connectivity index (χ2n) is 7.47. The van der Waals surface area contributed by atoms with Gasteiger partial charge in [0, 0.05) is 24.2 Å². The Morgan fingerprint density at radius 3 is 2.71 bits per heavy atom. The van der Waals surface area contributed by atoms with Crippen molar-refractivity contribution < 1.29 is 13.5 Å². The van der Waals surface area contributed by atoms with Gasteiger partial charge < -0.3 is 9.67 Å². The smallest absolute Gasteiger partial charge is 0.215 e. The normalized spacial score (nSPS) is 20.6. The molecule has 1 atom stereocenters. The van der Waals surface area contributed by atoms with Crippen LogP contribution >= 0.6 is 23.2 Å². The Morgan fingerprint density at radius 2 is 2.00 bits per heavy atom. The van der Waals surface area contributed by atoms with E-state index in [1.54, 1.807) is 6.07 Å². The first-order chi connectivity index (χ1) is 13.4. The molecule has 0 radical (unpaired) electrons. The third-order valence-corrected chi connectivity index (χ3v) is 8.10. The van der Waals surface area contributed by atoms with Gasteiger partial charge in [0.15, 0.2) is 0 Å². The predicted molar refractivity (Wildman–Crippen MR) is 112 cm³/mol. The number of halogens is 2. The second kappa shape index (κ2) is 7.95. The van der Waals surface area contributed by atoms with E-state index in [1.165, 1.54) is 0 Å². The van der Waals surface area contributed by atoms with Gasteiger partial charge in [0.1, 0.15) is 10.3 Å². The summed E-state index contributed by atoms with van der Waals surface area (Å²) in [5, 5.41) is 10.5. The highest BCUT2D eigenvalue weighted by atomic mass is 35.5. The van der Waals surface area contributed by atoms with Gasteiger partial charge in [-0.25, -0.2) is 18.1 Å². The number of fused-ring (bicyclic) bond motifs is 3. The summed E-state index contributed by atoms with van der Waals surface area (Å²) >= 11 is 12.5. The lowest BCUT2D eigenvalue weighted by Crippen LogP contribution is -2.43. The van der Waals surface area contributed by atoms with Gasteiger partial charge in [-0.2, -0.15) is 0 Å². The van der Waals surface area contributed by atoms with Crippen molar-refractivity contribution in [2.45, 2.75) is 56.4 Å². The first-order valence-electron chi connectivity index (χ1n) is 9.58. The van der Waals surface area contributed by atoms with Crippen molar-refractivity contribution in [1.82, 2.24) is 14.3 Å². The molecule has 0 amide bonds. The van der Waals surface area contributed by atoms with Gasteiger partial charge in [0.05, 0.1) is 16.8 Å². The SMILES string of the molecule is O=S(=O)(N[C@@H]1C=Cc2c(CCO)c3c(Cl)nc(Cl)cc3n2C1)C1CCCCC1. The number of hydrogen-bond acceptors (Lipinski definition) is 4. The maximum atomic E-state index is 12.8. The molecule has 152 valence electrons. The Bertz CT molecular complexity index is 1030. The van der Waals surface area contributed by atoms with Crippen molar-refractivity contribution in [3.8, 4) is 0 Å². The highest BCUT2D eigenvalue weighted by Crippen LogP contribution is 2.35. The molecule has 2 aromatic heterocycles. The van der Waals surface area contributed by atoms with Crippen LogP contribution in [0.25, 0.3) is 17.0 Å². The molecule has 1 aliphatic heterocycles. The molecule has 6 nitrogen and oxygen atoms in total. The van der Waals surface area contributed by atoms with E-state index in [0.29, 0.717) is 18.1 Å². The minimum absolute atomic E-state index is 0.0172. The molecule has 3 heterocycles. The van der Waals surface area contributed by atoms with Gasteiger partial charge in [-0.3, -0.25) is 0 Å². The van der Waals surface area contributed by atoms with Crippen molar-refractivity contribution in [1.29, 1.82) is 0 Å². The number of nitrogens with zero attached hydrogens (tertiary/aromatic N) is 2. The van der Waals surface area contributed by atoms with E-state index in [-0.39, 0.29) is 23.1 Å². The van der Waals surface area contributed by atoms with Crippen LogP contribution in [0.3, 0.4) is 0 Å². The molecule has 0 spiro atoms. The maximum absolute atomic E-state index is 12.8. The van der Waals surface area contributed by atoms with E-state index >= 15 is 0 Å². The Labute approximate surface area is 174 Å². The van der Waals surface area contributed by atoms with Crippen LogP contribution < -0.4 is 4.72 Å². The first-order valence-corrected chi connectivity index (χ1v) is 11.9. The van der Waals surface area contributed by atoms with E-state index in [9.17, 15) is 13.5 Å². The van der Waals surface area contributed by atoms with Crippen LogP contribution in [0.2, 0.25) is 10.3 Å². The van der Waals surface area contributed by atoms with Crippen LogP contribution in [0.4, 0.5) is 0 Å². The molecule has 0 unspecified atom stereocenters. The molecular formula is C19H23Cl2N3O3S. The molecule has 1 fully saturated rings. The van der Waals surface area contributed by atoms with Crippen LogP contribution in [-0.2, 0) is 23.0 Å². The molecular weight excluding hydrogens is 421 g/mol. The maximum Gasteiger partial charge on any atom is 0.215 e. The molecule has 4 rings (SSSR count). The van der Waals surface area contributed by atoms with Gasteiger partial charge in [0.25, 0.3) is 0 Å². The summed E-state index contributed by atoms with van der Waals surface area (Å²) in [7, 11) is -3.38. The zero-order valence-corrected chi connectivity index (χ0v) is 17.7. The average molecular weight is 444 g/mol. The largest absolute Gasteiger partial charge is 0.396 e. The fourth-order valence-electron chi connectivity index (χ4n) is 4.36. The highest BCUT2D eigenvalue weighted by molar-refractivity contribution is 7.90. The summed E-state index contributed by atoms with van der Waals surface area (Å²) in [6.07, 6.45) is 8.69. The second-order valence-corrected chi connectivity index (χ2v) is 10.2. The van der Waals surface area contributed by atoms with Crippen LogP contribution in [0.15, 0.2) is 12.1 Å². The van der Waals surface area contributed by atoms with Crippen molar-refractivity contribution in [3.63, 3.8) is 0 Å². The third-order valence-electron chi connectivity index (χ3n) is 5.65. The quantitative estimate of drug-likeness (QED) is 0.692. The fourth-order valence-corrected chi connectivity index (χ4v) is 6.62. The summed E-state index contributed by atoms with van der Waals surface area (Å²) < 4.78 is 30.5. The Morgan fingerprint density at radius 1 is 1.25 bits per heavy atom. The van der Waals surface area contributed by atoms with Crippen molar-refractivity contribution in [2.75, 3.05) is 6.61 Å². The van der Waals surface area contributed by atoms with Crippen LogP contribution in [-0.4, -0.2) is 41.0 Å². The lowest BCUT2D eigenvalue weighted by Gasteiger charge is -2.27. The Balaban J connectivity index is 1.68. The molecule has 0 bridgehead atoms. The summed E-state index contributed by atoms with van der Waals surface area (Å²) in [6.45, 7) is 0.424. The minimum Gasteiger partial charge on any atom is -0.396 e. The molecule has 1 saturated carbocycles. The topological polar surface area (TPSA) is 84.2 Å². The number of pyridine rings is 1. The number of aliphatic hydroxyl groups excluding tert-OH is 1. The van der Waals surface area contributed by atoms with Crippen LogP contribution in [0.1, 0.15) is 43.4 Å². The standard InChI is InChI=1S/C19H23Cl2N3O3S/c20-17-10-16-18(19(21)22-17)14(8-9-25)15-7-6-12(11-24(15)16)23-28(26,27)13-4-2-1-3-5-13/h6-7,10,12-13,23,25H,1-5,8-9,11H2/t12-/m1/s1. The fraction of sp³-hybridized carbons (Fsp3) is 0.526. The lowest BCUT2D eigenvalue weighted by atomic mass is 10.0. The van der Waals surface area contributed by atoms with E-state index in [1.807, 2.05) is 16.7 Å². The molecule has 28 heavy (non-hydrogen) atoms. The van der Waals surface area contributed by atoms with Crippen molar-refractivity contribution in [3.05, 3.63) is 33.7 Å². The van der Waals surface area contributed by atoms with Crippen LogP contribution in [0.5, 0.6) is 0 Å². The zero-order chi connectivity index (χ0) is 19.9. The van der Waals surface area contributed by atoms with Crippen LogP contribution in [0, 0.1) is 0 Å². The molecule has 9 heteroatoms. The summed E-state index contributed by atoms with van der Waals surface area (Å²) in [4.78, 5) is 4.13. The first kappa shape index (κ1) is 20.2. The van der Waals surface area contributed by atoms with Gasteiger partial charge in [-0.1, -0.05) is 48.5 Å². The Hall–Kier alpha value is -1.12. The highest BCUT2D eigenvalue weighted by Gasteiger charge is 2.31. The average Bonchev–Trinajstić information content (AvgIpc) is 2.96. The number of sulfonamides is 1. The molecule has 0 saturated heterocycles. The minimum atomic E-state index is -3.38. The number of aromatic nitrogens is 2. The van der Waals surface area contributed by atoms with Gasteiger partial charge in [0.2, 0.25) is 10.0 Å². The third kappa shape index (κ3) is 3.71. The number of hydrogen-bond donors (Lipinski definition) is 2. The van der Waals surface area contributed by atoms with E-state index in [2.05, 4.69) is 9.71 Å². The monoisotopic (exact) mass is 443 g/mol. The Kier molecular flexibility index (Phi) is 5.73. The molecule has 2 aliphatic rings. The van der Waals surface area contributed by atoms with Crippen molar-refractivity contribution >= 4 is 50.2 Å². The molecule has 1 aliphatic carbocycles. The lowest BCUT2D eigenvalue weighted by molar-refractivity contribution is 0.300. The molecule has 2 aromatic rings. The zero-order valence-electron chi connectivity index (χ0n) is 15.4. The van der Waals surface area contributed by atoms with Gasteiger partial charge in [-0.05, 0) is 37.0 Å². The number of aliphatic hydroxyl groups is 1. The molecule has 2 N–H and O–H groups in total. The van der Waals surface area contributed by atoms with E-state index in [4.69, 9.17) is 23.2 Å². The molecule has 0 aromatic carbocycles. The number of nitrogens with one attached hydrogen (secondary N) is 1. The summed E-state index contributed by atoms with van der Waals surface area (Å²) in [5.41, 5.74) is 2.61. The number of rotatable bonds is 5. The van der Waals surface area contributed by atoms with Crippen molar-refractivity contribution in [2.24, 2.45) is 0 Å².